The minimum atomic E-state index is -0.131. The van der Waals surface area contributed by atoms with Crippen molar-refractivity contribution in [3.05, 3.63) is 0 Å². The molecule has 0 unspecified atom stereocenters. The Morgan fingerprint density at radius 2 is 1.70 bits per heavy atom. The first kappa shape index (κ1) is 20.3. The number of nitrogens with one attached hydrogen (secondary N) is 1. The molecule has 1 heterocycles. The Hall–Kier alpha value is -1.43. The highest BCUT2D eigenvalue weighted by atomic mass is 16.5. The molecule has 3 fully saturated rings. The van der Waals surface area contributed by atoms with E-state index in [-0.39, 0.29) is 47.9 Å². The molecule has 0 aromatic heterocycles. The van der Waals surface area contributed by atoms with E-state index < -0.39 is 0 Å². The third-order valence-electron chi connectivity index (χ3n) is 6.91. The average molecular weight is 379 g/mol. The molecule has 0 radical (unpaired) electrons. The summed E-state index contributed by atoms with van der Waals surface area (Å²) in [7, 11) is 1.72. The van der Waals surface area contributed by atoms with Crippen LogP contribution in [0, 0.1) is 17.3 Å². The van der Waals surface area contributed by atoms with Gasteiger partial charge in [0.25, 0.3) is 0 Å². The van der Waals surface area contributed by atoms with Gasteiger partial charge in [-0.05, 0) is 37.5 Å². The Morgan fingerprint density at radius 3 is 2.30 bits per heavy atom. The highest BCUT2D eigenvalue weighted by molar-refractivity contribution is 6.05. The van der Waals surface area contributed by atoms with Crippen LogP contribution in [-0.2, 0) is 19.1 Å². The number of ether oxygens (including phenoxy) is 1. The number of carbonyl (C=O) groups excluding carboxylic acids is 3. The lowest BCUT2D eigenvalue weighted by atomic mass is 9.72. The van der Waals surface area contributed by atoms with Gasteiger partial charge in [0.1, 0.15) is 0 Å². The molecule has 3 amide bonds. The monoisotopic (exact) mass is 378 g/mol. The summed E-state index contributed by atoms with van der Waals surface area (Å²) in [5.74, 6) is -0.432. The van der Waals surface area contributed by atoms with Crippen LogP contribution in [0.4, 0.5) is 0 Å². The fourth-order valence-electron chi connectivity index (χ4n) is 5.17. The topological polar surface area (TPSA) is 75.7 Å². The number of nitrogens with zero attached hydrogens (tertiary/aromatic N) is 1. The molecule has 2 aliphatic carbocycles. The second-order valence-electron chi connectivity index (χ2n) is 8.66. The van der Waals surface area contributed by atoms with E-state index in [1.54, 1.807) is 7.11 Å². The molecule has 3 rings (SSSR count). The molecule has 0 bridgehead atoms. The van der Waals surface area contributed by atoms with E-state index in [9.17, 15) is 14.4 Å². The fraction of sp³-hybridized carbons (Fsp3) is 0.857. The SMILES string of the molecule is COCCC1(CNC(=O)CCN2C(=O)[C@H]3CCCC[C@@H]3C2=O)CCCCC1. The van der Waals surface area contributed by atoms with Crippen molar-refractivity contribution in [3.8, 4) is 0 Å². The predicted molar refractivity (Wildman–Crippen MR) is 102 cm³/mol. The molecule has 2 saturated carbocycles. The highest BCUT2D eigenvalue weighted by Gasteiger charge is 2.47. The number of imide groups is 1. The highest BCUT2D eigenvalue weighted by Crippen LogP contribution is 2.39. The molecule has 152 valence electrons. The molecular weight excluding hydrogens is 344 g/mol. The van der Waals surface area contributed by atoms with Crippen LogP contribution < -0.4 is 5.32 Å². The van der Waals surface area contributed by atoms with Crippen LogP contribution in [0.3, 0.4) is 0 Å². The van der Waals surface area contributed by atoms with Crippen molar-refractivity contribution >= 4 is 17.7 Å². The molecule has 6 nitrogen and oxygen atoms in total. The fourth-order valence-corrected chi connectivity index (χ4v) is 5.17. The number of methoxy groups -OCH3 is 1. The second kappa shape index (κ2) is 9.18. The van der Waals surface area contributed by atoms with Gasteiger partial charge in [-0.3, -0.25) is 19.3 Å². The zero-order valence-electron chi connectivity index (χ0n) is 16.6. The summed E-state index contributed by atoms with van der Waals surface area (Å²) in [6.45, 7) is 1.61. The Kier molecular flexibility index (Phi) is 6.90. The molecular formula is C21H34N2O4. The van der Waals surface area contributed by atoms with Crippen molar-refractivity contribution < 1.29 is 19.1 Å². The van der Waals surface area contributed by atoms with Gasteiger partial charge in [-0.1, -0.05) is 32.1 Å². The normalized spacial score (nSPS) is 27.5. The Labute approximate surface area is 162 Å². The molecule has 0 aromatic rings. The lowest BCUT2D eigenvalue weighted by Gasteiger charge is -2.37. The summed E-state index contributed by atoms with van der Waals surface area (Å²) in [4.78, 5) is 38.7. The largest absolute Gasteiger partial charge is 0.385 e. The van der Waals surface area contributed by atoms with Gasteiger partial charge >= 0.3 is 0 Å². The maximum atomic E-state index is 12.5. The van der Waals surface area contributed by atoms with Crippen LogP contribution in [0.25, 0.3) is 0 Å². The quantitative estimate of drug-likeness (QED) is 0.659. The zero-order chi connectivity index (χ0) is 19.3. The molecule has 6 heteroatoms. The van der Waals surface area contributed by atoms with Crippen LogP contribution in [0.1, 0.15) is 70.6 Å². The maximum Gasteiger partial charge on any atom is 0.233 e. The number of fused-ring (bicyclic) bond motifs is 1. The first-order valence-corrected chi connectivity index (χ1v) is 10.7. The summed E-state index contributed by atoms with van der Waals surface area (Å²) in [6.07, 6.45) is 10.8. The maximum absolute atomic E-state index is 12.5. The van der Waals surface area contributed by atoms with Crippen molar-refractivity contribution in [1.29, 1.82) is 0 Å². The first-order chi connectivity index (χ1) is 13.1. The molecule has 0 spiro atoms. The van der Waals surface area contributed by atoms with Gasteiger partial charge in [-0.2, -0.15) is 0 Å². The first-order valence-electron chi connectivity index (χ1n) is 10.7. The molecule has 1 saturated heterocycles. The summed E-state index contributed by atoms with van der Waals surface area (Å²) >= 11 is 0. The summed E-state index contributed by atoms with van der Waals surface area (Å²) < 4.78 is 5.27. The third-order valence-corrected chi connectivity index (χ3v) is 6.91. The Balaban J connectivity index is 1.47. The second-order valence-corrected chi connectivity index (χ2v) is 8.66. The zero-order valence-corrected chi connectivity index (χ0v) is 16.6. The van der Waals surface area contributed by atoms with Gasteiger partial charge in [0.15, 0.2) is 0 Å². The van der Waals surface area contributed by atoms with E-state index in [0.29, 0.717) is 6.54 Å². The molecule has 2 atom stereocenters. The van der Waals surface area contributed by atoms with E-state index in [4.69, 9.17) is 4.74 Å². The summed E-state index contributed by atoms with van der Waals surface area (Å²) in [5.41, 5.74) is 0.137. The van der Waals surface area contributed by atoms with E-state index in [0.717, 1.165) is 51.6 Å². The van der Waals surface area contributed by atoms with Gasteiger partial charge in [-0.15, -0.1) is 0 Å². The lowest BCUT2D eigenvalue weighted by molar-refractivity contribution is -0.140. The standard InChI is InChI=1S/C21H34N2O4/c1-27-14-12-21(10-5-2-6-11-21)15-22-18(24)9-13-23-19(25)16-7-3-4-8-17(16)20(23)26/h16-17H,2-15H2,1H3,(H,22,24)/t16-,17-/m0/s1. The lowest BCUT2D eigenvalue weighted by Crippen LogP contribution is -2.41. The van der Waals surface area contributed by atoms with Crippen LogP contribution in [0.15, 0.2) is 0 Å². The number of hydrogen-bond donors (Lipinski definition) is 1. The molecule has 3 aliphatic rings. The van der Waals surface area contributed by atoms with Gasteiger partial charge in [0, 0.05) is 33.2 Å². The number of rotatable bonds is 8. The van der Waals surface area contributed by atoms with E-state index in [2.05, 4.69) is 5.32 Å². The summed E-state index contributed by atoms with van der Waals surface area (Å²) in [6, 6.07) is 0. The predicted octanol–water partition coefficient (Wildman–Crippen LogP) is 2.65. The smallest absolute Gasteiger partial charge is 0.233 e. The van der Waals surface area contributed by atoms with Gasteiger partial charge < -0.3 is 10.1 Å². The third kappa shape index (κ3) is 4.71. The minimum Gasteiger partial charge on any atom is -0.385 e. The van der Waals surface area contributed by atoms with Crippen molar-refractivity contribution in [2.45, 2.75) is 70.6 Å². The molecule has 1 aliphatic heterocycles. The van der Waals surface area contributed by atoms with Crippen molar-refractivity contribution in [1.82, 2.24) is 10.2 Å². The van der Waals surface area contributed by atoms with Crippen LogP contribution in [0.2, 0.25) is 0 Å². The number of carbonyl (C=O) groups is 3. The van der Waals surface area contributed by atoms with Crippen LogP contribution in [0.5, 0.6) is 0 Å². The Bertz CT molecular complexity index is 532. The van der Waals surface area contributed by atoms with E-state index in [1.165, 1.54) is 24.2 Å². The van der Waals surface area contributed by atoms with Crippen molar-refractivity contribution in [2.75, 3.05) is 26.8 Å². The molecule has 0 aromatic carbocycles. The Morgan fingerprint density at radius 1 is 1.07 bits per heavy atom. The van der Waals surface area contributed by atoms with Gasteiger partial charge in [-0.25, -0.2) is 0 Å². The van der Waals surface area contributed by atoms with Gasteiger partial charge in [0.2, 0.25) is 17.7 Å². The van der Waals surface area contributed by atoms with Crippen LogP contribution >= 0.6 is 0 Å². The van der Waals surface area contributed by atoms with Crippen LogP contribution in [-0.4, -0.2) is 49.4 Å². The van der Waals surface area contributed by atoms with Crippen molar-refractivity contribution in [2.24, 2.45) is 17.3 Å². The average Bonchev–Trinajstić information content (AvgIpc) is 2.95. The van der Waals surface area contributed by atoms with E-state index >= 15 is 0 Å². The molecule has 27 heavy (non-hydrogen) atoms. The number of likely N-dealkylation sites (tertiary alicyclic amines) is 1. The molecule has 1 N–H and O–H groups in total. The minimum absolute atomic E-state index is 0.0543. The number of amides is 3. The van der Waals surface area contributed by atoms with Crippen molar-refractivity contribution in [3.63, 3.8) is 0 Å². The van der Waals surface area contributed by atoms with Gasteiger partial charge in [0.05, 0.1) is 11.8 Å². The van der Waals surface area contributed by atoms with E-state index in [1.807, 2.05) is 0 Å². The summed E-state index contributed by atoms with van der Waals surface area (Å²) in [5, 5.41) is 3.07. The number of hydrogen-bond acceptors (Lipinski definition) is 4.